The maximum absolute atomic E-state index is 12.6. The van der Waals surface area contributed by atoms with Gasteiger partial charge in [-0.25, -0.2) is 0 Å². The van der Waals surface area contributed by atoms with Gasteiger partial charge in [-0.15, -0.1) is 0 Å². The van der Waals surface area contributed by atoms with E-state index in [9.17, 15) is 9.59 Å². The summed E-state index contributed by atoms with van der Waals surface area (Å²) in [7, 11) is -0.719. The van der Waals surface area contributed by atoms with E-state index in [1.807, 2.05) is 6.92 Å². The van der Waals surface area contributed by atoms with E-state index < -0.39 is 20.2 Å². The first-order valence-electron chi connectivity index (χ1n) is 8.40. The van der Waals surface area contributed by atoms with Gasteiger partial charge in [-0.2, -0.15) is 0 Å². The standard InChI is InChI=1S/C19H29ClO4Si/c1-12(10-16(21)23-6)17(22)14-9-13(2)18(15(20)11-14)24-25(7,8)19(3,4)5/h9,11-12H,10H2,1-8H3. The minimum atomic E-state index is -2.03. The van der Waals surface area contributed by atoms with Crippen molar-refractivity contribution in [2.45, 2.75) is 59.2 Å². The molecule has 0 fully saturated rings. The zero-order chi connectivity index (χ0) is 19.6. The van der Waals surface area contributed by atoms with Crippen molar-refractivity contribution in [3.8, 4) is 5.75 Å². The van der Waals surface area contributed by atoms with Crippen LogP contribution in [0.2, 0.25) is 23.2 Å². The Morgan fingerprint density at radius 1 is 1.24 bits per heavy atom. The average molecular weight is 385 g/mol. The molecule has 0 bridgehead atoms. The van der Waals surface area contributed by atoms with E-state index in [-0.39, 0.29) is 17.2 Å². The van der Waals surface area contributed by atoms with Crippen LogP contribution < -0.4 is 4.43 Å². The molecule has 1 aromatic rings. The lowest BCUT2D eigenvalue weighted by Gasteiger charge is -2.37. The number of methoxy groups -OCH3 is 1. The highest BCUT2D eigenvalue weighted by Crippen LogP contribution is 2.41. The summed E-state index contributed by atoms with van der Waals surface area (Å²) in [6.07, 6.45) is 0.0498. The molecule has 0 saturated carbocycles. The van der Waals surface area contributed by atoms with E-state index in [1.165, 1.54) is 7.11 Å². The summed E-state index contributed by atoms with van der Waals surface area (Å²) in [5, 5.41) is 0.477. The minimum absolute atomic E-state index is 0.0479. The monoisotopic (exact) mass is 384 g/mol. The van der Waals surface area contributed by atoms with Gasteiger partial charge in [0.15, 0.2) is 5.78 Å². The summed E-state index contributed by atoms with van der Waals surface area (Å²) < 4.78 is 11.0. The van der Waals surface area contributed by atoms with E-state index in [1.54, 1.807) is 19.1 Å². The molecule has 25 heavy (non-hydrogen) atoms. The topological polar surface area (TPSA) is 52.6 Å². The number of hydrogen-bond donors (Lipinski definition) is 0. The molecule has 0 N–H and O–H groups in total. The van der Waals surface area contributed by atoms with E-state index in [0.29, 0.717) is 16.3 Å². The first-order valence-corrected chi connectivity index (χ1v) is 11.7. The third kappa shape index (κ3) is 5.32. The van der Waals surface area contributed by atoms with Crippen molar-refractivity contribution in [2.75, 3.05) is 7.11 Å². The first-order chi connectivity index (χ1) is 11.3. The van der Waals surface area contributed by atoms with Gasteiger partial charge in [0.2, 0.25) is 0 Å². The molecule has 6 heteroatoms. The number of rotatable bonds is 6. The number of carbonyl (C=O) groups excluding carboxylic acids is 2. The fourth-order valence-electron chi connectivity index (χ4n) is 2.12. The Morgan fingerprint density at radius 2 is 1.80 bits per heavy atom. The molecule has 140 valence electrons. The van der Waals surface area contributed by atoms with E-state index in [2.05, 4.69) is 38.6 Å². The highest BCUT2D eigenvalue weighted by Gasteiger charge is 2.39. The molecule has 0 saturated heterocycles. The van der Waals surface area contributed by atoms with Crippen molar-refractivity contribution in [3.63, 3.8) is 0 Å². The largest absolute Gasteiger partial charge is 0.542 e. The third-order valence-electron chi connectivity index (χ3n) is 4.83. The van der Waals surface area contributed by atoms with Crippen LogP contribution in [0.3, 0.4) is 0 Å². The molecule has 0 heterocycles. The van der Waals surface area contributed by atoms with Crippen molar-refractivity contribution >= 4 is 31.7 Å². The Labute approximate surface area is 157 Å². The van der Waals surface area contributed by atoms with E-state index in [4.69, 9.17) is 16.0 Å². The lowest BCUT2D eigenvalue weighted by Crippen LogP contribution is -2.44. The number of esters is 1. The maximum Gasteiger partial charge on any atom is 0.306 e. The number of carbonyl (C=O) groups is 2. The number of halogens is 1. The van der Waals surface area contributed by atoms with Gasteiger partial charge in [0.05, 0.1) is 18.6 Å². The molecule has 0 aliphatic rings. The molecule has 0 aliphatic heterocycles. The molecule has 1 atom stereocenters. The van der Waals surface area contributed by atoms with Crippen LogP contribution in [0.4, 0.5) is 0 Å². The lowest BCUT2D eigenvalue weighted by atomic mass is 9.95. The van der Waals surface area contributed by atoms with Crippen LogP contribution >= 0.6 is 11.6 Å². The molecular formula is C19H29ClO4Si. The Bertz CT molecular complexity index is 639. The van der Waals surface area contributed by atoms with Gasteiger partial charge in [0.1, 0.15) is 5.75 Å². The zero-order valence-electron chi connectivity index (χ0n) is 16.5. The molecule has 0 spiro atoms. The second-order valence-electron chi connectivity index (χ2n) is 8.01. The third-order valence-corrected chi connectivity index (χ3v) is 9.43. The predicted octanol–water partition coefficient (Wildman–Crippen LogP) is 5.41. The van der Waals surface area contributed by atoms with Crippen LogP contribution in [0, 0.1) is 12.8 Å². The van der Waals surface area contributed by atoms with Crippen LogP contribution in [0.5, 0.6) is 5.75 Å². The number of hydrogen-bond acceptors (Lipinski definition) is 4. The van der Waals surface area contributed by atoms with E-state index >= 15 is 0 Å². The van der Waals surface area contributed by atoms with Gasteiger partial charge in [0, 0.05) is 11.5 Å². The number of Topliss-reactive ketones (excluding diaryl/α,β-unsaturated/α-hetero) is 1. The second-order valence-corrected chi connectivity index (χ2v) is 13.1. The van der Waals surface area contributed by atoms with Crippen molar-refractivity contribution in [1.82, 2.24) is 0 Å². The summed E-state index contributed by atoms with van der Waals surface area (Å²) in [5.74, 6) is -0.351. The Kier molecular flexibility index (Phi) is 6.87. The number of benzene rings is 1. The quantitative estimate of drug-likeness (QED) is 0.373. The summed E-state index contributed by atoms with van der Waals surface area (Å²) in [6, 6.07) is 3.41. The van der Waals surface area contributed by atoms with Gasteiger partial charge in [-0.05, 0) is 42.8 Å². The SMILES string of the molecule is COC(=O)CC(C)C(=O)c1cc(C)c(O[Si](C)(C)C(C)(C)C)c(Cl)c1. The average Bonchev–Trinajstić information content (AvgIpc) is 2.48. The highest BCUT2D eigenvalue weighted by molar-refractivity contribution is 6.74. The normalized spacial score (nSPS) is 13.3. The molecule has 4 nitrogen and oxygen atoms in total. The van der Waals surface area contributed by atoms with Gasteiger partial charge in [-0.1, -0.05) is 39.3 Å². The van der Waals surface area contributed by atoms with Gasteiger partial charge < -0.3 is 9.16 Å². The summed E-state index contributed by atoms with van der Waals surface area (Å²) in [5.41, 5.74) is 1.31. The second kappa shape index (κ2) is 7.91. The van der Waals surface area contributed by atoms with Crippen molar-refractivity contribution in [1.29, 1.82) is 0 Å². The summed E-state index contributed by atoms with van der Waals surface area (Å²) >= 11 is 6.43. The molecule has 1 aromatic carbocycles. The first kappa shape index (κ1) is 21.7. The van der Waals surface area contributed by atoms with Crippen LogP contribution in [0.1, 0.15) is 50.0 Å². The smallest absolute Gasteiger partial charge is 0.306 e. The number of aryl methyl sites for hydroxylation is 1. The summed E-state index contributed by atoms with van der Waals surface area (Å²) in [4.78, 5) is 23.9. The Morgan fingerprint density at radius 3 is 2.24 bits per heavy atom. The van der Waals surface area contributed by atoms with E-state index in [0.717, 1.165) is 5.56 Å². The van der Waals surface area contributed by atoms with Crippen molar-refractivity contribution in [2.24, 2.45) is 5.92 Å². The molecule has 0 aliphatic carbocycles. The molecular weight excluding hydrogens is 356 g/mol. The van der Waals surface area contributed by atoms with Crippen molar-refractivity contribution < 1.29 is 18.8 Å². The molecule has 1 unspecified atom stereocenters. The lowest BCUT2D eigenvalue weighted by molar-refractivity contribution is -0.141. The van der Waals surface area contributed by atoms with Gasteiger partial charge in [0.25, 0.3) is 8.32 Å². The number of ether oxygens (including phenoxy) is 1. The Hall–Kier alpha value is -1.33. The predicted molar refractivity (Wildman–Crippen MR) is 104 cm³/mol. The summed E-state index contributed by atoms with van der Waals surface area (Å²) in [6.45, 7) is 14.4. The number of ketones is 1. The minimum Gasteiger partial charge on any atom is -0.542 e. The van der Waals surface area contributed by atoms with Gasteiger partial charge >= 0.3 is 5.97 Å². The zero-order valence-corrected chi connectivity index (χ0v) is 18.2. The van der Waals surface area contributed by atoms with Crippen LogP contribution in [0.15, 0.2) is 12.1 Å². The van der Waals surface area contributed by atoms with Crippen LogP contribution in [-0.2, 0) is 9.53 Å². The molecule has 1 rings (SSSR count). The van der Waals surface area contributed by atoms with Crippen molar-refractivity contribution in [3.05, 3.63) is 28.3 Å². The van der Waals surface area contributed by atoms with Gasteiger partial charge in [-0.3, -0.25) is 9.59 Å². The fourth-order valence-corrected chi connectivity index (χ4v) is 3.58. The van der Waals surface area contributed by atoms with Crippen LogP contribution in [0.25, 0.3) is 0 Å². The van der Waals surface area contributed by atoms with Crippen LogP contribution in [-0.4, -0.2) is 27.2 Å². The molecule has 0 aromatic heterocycles. The fraction of sp³-hybridized carbons (Fsp3) is 0.579. The highest BCUT2D eigenvalue weighted by atomic mass is 35.5. The molecule has 0 radical (unpaired) electrons. The Balaban J connectivity index is 3.11. The maximum atomic E-state index is 12.6. The molecule has 0 amide bonds.